The highest BCUT2D eigenvalue weighted by Crippen LogP contribution is 2.27. The molecule has 30 heavy (non-hydrogen) atoms. The molecule has 0 unspecified atom stereocenters. The molecule has 12 heteroatoms. The molecule has 0 aliphatic carbocycles. The van der Waals surface area contributed by atoms with Gasteiger partial charge in [0.25, 0.3) is 5.69 Å². The lowest BCUT2D eigenvalue weighted by Crippen LogP contribution is -2.39. The van der Waals surface area contributed by atoms with Gasteiger partial charge in [-0.25, -0.2) is 13.4 Å². The summed E-state index contributed by atoms with van der Waals surface area (Å²) in [6.45, 7) is 6.16. The van der Waals surface area contributed by atoms with E-state index in [9.17, 15) is 18.5 Å². The summed E-state index contributed by atoms with van der Waals surface area (Å²) in [5, 5.41) is 20.6. The highest BCUT2D eigenvalue weighted by atomic mass is 127. The summed E-state index contributed by atoms with van der Waals surface area (Å²) in [6, 6.07) is 7.94. The second-order valence-electron chi connectivity index (χ2n) is 6.27. The maximum atomic E-state index is 11.6. The number of aryl methyl sites for hydroxylation is 1. The molecule has 1 heterocycles. The first-order valence-electron chi connectivity index (χ1n) is 9.00. The molecule has 3 N–H and O–H groups in total. The molecule has 0 saturated heterocycles. The zero-order chi connectivity index (χ0) is 21.4. The Kier molecular flexibility index (Phi) is 10.5. The number of rotatable bonds is 9. The highest BCUT2D eigenvalue weighted by molar-refractivity contribution is 14.0. The molecule has 0 aliphatic heterocycles. The SMILES string of the molecule is CCNC(=NCc1ccc(C)s1)NCCNc1ccc(S(C)(=O)=O)cc1[N+](=O)[O-].I. The minimum atomic E-state index is -3.51. The molecule has 2 aromatic rings. The van der Waals surface area contributed by atoms with Crippen molar-refractivity contribution in [1.29, 1.82) is 0 Å². The maximum Gasteiger partial charge on any atom is 0.293 e. The van der Waals surface area contributed by atoms with E-state index in [-0.39, 0.29) is 40.2 Å². The predicted molar refractivity (Wildman–Crippen MR) is 132 cm³/mol. The van der Waals surface area contributed by atoms with Crippen molar-refractivity contribution in [3.05, 3.63) is 50.2 Å². The largest absolute Gasteiger partial charge is 0.378 e. The Morgan fingerprint density at radius 1 is 1.20 bits per heavy atom. The second kappa shape index (κ2) is 12.1. The molecule has 166 valence electrons. The van der Waals surface area contributed by atoms with Gasteiger partial charge in [0, 0.05) is 41.7 Å². The first kappa shape index (κ1) is 26.1. The second-order valence-corrected chi connectivity index (χ2v) is 9.66. The quantitative estimate of drug-likeness (QED) is 0.106. The lowest BCUT2D eigenvalue weighted by Gasteiger charge is -2.12. The third-order valence-corrected chi connectivity index (χ3v) is 5.96. The standard InChI is InChI=1S/C18H25N5O4S2.HI/c1-4-19-18(22-12-14-6-5-13(2)28-14)21-10-9-20-16-8-7-15(29(3,26)27)11-17(16)23(24)25;/h5-8,11,20H,4,9-10,12H2,1-3H3,(H2,19,21,22);1H. The van der Waals surface area contributed by atoms with Gasteiger partial charge in [-0.3, -0.25) is 10.1 Å². The Bertz CT molecular complexity index is 992. The van der Waals surface area contributed by atoms with Crippen LogP contribution in [0.2, 0.25) is 0 Å². The van der Waals surface area contributed by atoms with E-state index in [4.69, 9.17) is 0 Å². The van der Waals surface area contributed by atoms with Crippen molar-refractivity contribution in [3.63, 3.8) is 0 Å². The summed E-state index contributed by atoms with van der Waals surface area (Å²) in [5.74, 6) is 0.655. The van der Waals surface area contributed by atoms with Crippen LogP contribution in [-0.2, 0) is 16.4 Å². The molecule has 9 nitrogen and oxygen atoms in total. The van der Waals surface area contributed by atoms with E-state index in [1.165, 1.54) is 21.9 Å². The van der Waals surface area contributed by atoms with Crippen molar-refractivity contribution in [2.24, 2.45) is 4.99 Å². The van der Waals surface area contributed by atoms with Crippen LogP contribution >= 0.6 is 35.3 Å². The van der Waals surface area contributed by atoms with E-state index in [0.29, 0.717) is 32.1 Å². The molecule has 2 rings (SSSR count). The highest BCUT2D eigenvalue weighted by Gasteiger charge is 2.18. The third-order valence-electron chi connectivity index (χ3n) is 3.86. The van der Waals surface area contributed by atoms with E-state index in [2.05, 4.69) is 33.9 Å². The van der Waals surface area contributed by atoms with Crippen molar-refractivity contribution in [2.75, 3.05) is 31.2 Å². The average Bonchev–Trinajstić information content (AvgIpc) is 3.07. The molecule has 0 radical (unpaired) electrons. The summed E-state index contributed by atoms with van der Waals surface area (Å²) in [7, 11) is -3.51. The van der Waals surface area contributed by atoms with Gasteiger partial charge >= 0.3 is 0 Å². The fourth-order valence-corrected chi connectivity index (χ4v) is 3.95. The average molecular weight is 567 g/mol. The van der Waals surface area contributed by atoms with Crippen LogP contribution < -0.4 is 16.0 Å². The molecular formula is C18H26IN5O4S2. The zero-order valence-corrected chi connectivity index (χ0v) is 20.9. The molecule has 0 fully saturated rings. The number of thiophene rings is 1. The van der Waals surface area contributed by atoms with Gasteiger partial charge in [-0.05, 0) is 38.1 Å². The fraction of sp³-hybridized carbons (Fsp3) is 0.389. The molecule has 1 aromatic heterocycles. The number of nitrogens with zero attached hydrogens (tertiary/aromatic N) is 2. The minimum absolute atomic E-state index is 0. The van der Waals surface area contributed by atoms with Crippen LogP contribution in [0.3, 0.4) is 0 Å². The molecule has 0 saturated carbocycles. The summed E-state index contributed by atoms with van der Waals surface area (Å²) in [4.78, 5) is 17.5. The number of sulfone groups is 1. The third kappa shape index (κ3) is 8.07. The molecule has 0 atom stereocenters. The number of anilines is 1. The van der Waals surface area contributed by atoms with Crippen LogP contribution in [0.15, 0.2) is 40.2 Å². The number of aliphatic imine (C=N–C) groups is 1. The van der Waals surface area contributed by atoms with Gasteiger partial charge in [-0.2, -0.15) is 0 Å². The number of nitro groups is 1. The lowest BCUT2D eigenvalue weighted by molar-refractivity contribution is -0.384. The van der Waals surface area contributed by atoms with Crippen molar-refractivity contribution in [2.45, 2.75) is 25.3 Å². The molecule has 0 bridgehead atoms. The van der Waals surface area contributed by atoms with E-state index in [1.54, 1.807) is 11.3 Å². The maximum absolute atomic E-state index is 11.6. The van der Waals surface area contributed by atoms with Gasteiger partial charge in [0.05, 0.1) is 16.4 Å². The summed E-state index contributed by atoms with van der Waals surface area (Å²) in [6.07, 6.45) is 1.02. The van der Waals surface area contributed by atoms with E-state index in [1.807, 2.05) is 13.0 Å². The molecule has 0 aliphatic rings. The minimum Gasteiger partial charge on any atom is -0.378 e. The van der Waals surface area contributed by atoms with E-state index < -0.39 is 14.8 Å². The van der Waals surface area contributed by atoms with Crippen molar-refractivity contribution >= 4 is 62.5 Å². The van der Waals surface area contributed by atoms with Crippen LogP contribution in [0.1, 0.15) is 16.7 Å². The van der Waals surface area contributed by atoms with Gasteiger partial charge in [0.15, 0.2) is 15.8 Å². The smallest absolute Gasteiger partial charge is 0.293 e. The van der Waals surface area contributed by atoms with Gasteiger partial charge in [-0.15, -0.1) is 35.3 Å². The van der Waals surface area contributed by atoms with Crippen molar-refractivity contribution < 1.29 is 13.3 Å². The molecule has 1 aromatic carbocycles. The lowest BCUT2D eigenvalue weighted by atomic mass is 10.2. The molecular weight excluding hydrogens is 541 g/mol. The van der Waals surface area contributed by atoms with Gasteiger partial charge in [0.2, 0.25) is 0 Å². The predicted octanol–water partition coefficient (Wildman–Crippen LogP) is 3.15. The first-order valence-corrected chi connectivity index (χ1v) is 11.7. The number of hydrogen-bond acceptors (Lipinski definition) is 7. The van der Waals surface area contributed by atoms with Crippen LogP contribution in [0, 0.1) is 17.0 Å². The first-order chi connectivity index (χ1) is 13.7. The van der Waals surface area contributed by atoms with E-state index in [0.717, 1.165) is 12.3 Å². The van der Waals surface area contributed by atoms with E-state index >= 15 is 0 Å². The molecule has 0 amide bonds. The van der Waals surface area contributed by atoms with Crippen LogP contribution in [0.4, 0.5) is 11.4 Å². The van der Waals surface area contributed by atoms with Gasteiger partial charge in [-0.1, -0.05) is 0 Å². The Labute approximate surface area is 197 Å². The van der Waals surface area contributed by atoms with Crippen LogP contribution in [0.5, 0.6) is 0 Å². The van der Waals surface area contributed by atoms with Crippen molar-refractivity contribution in [3.8, 4) is 0 Å². The number of nitro benzene ring substituents is 1. The van der Waals surface area contributed by atoms with Crippen molar-refractivity contribution in [1.82, 2.24) is 10.6 Å². The Hall–Kier alpha value is -1.93. The Balaban J connectivity index is 0.00000450. The Morgan fingerprint density at radius 2 is 1.93 bits per heavy atom. The van der Waals surface area contributed by atoms with Gasteiger partial charge in [0.1, 0.15) is 5.69 Å². The molecule has 0 spiro atoms. The number of guanidine groups is 1. The normalized spacial score (nSPS) is 11.5. The summed E-state index contributed by atoms with van der Waals surface area (Å²) >= 11 is 1.70. The fourth-order valence-electron chi connectivity index (χ4n) is 2.49. The van der Waals surface area contributed by atoms with Crippen LogP contribution in [-0.4, -0.2) is 45.2 Å². The monoisotopic (exact) mass is 567 g/mol. The summed E-state index contributed by atoms with van der Waals surface area (Å²) < 4.78 is 23.2. The van der Waals surface area contributed by atoms with Gasteiger partial charge < -0.3 is 16.0 Å². The number of hydrogen-bond donors (Lipinski definition) is 3. The summed E-state index contributed by atoms with van der Waals surface area (Å²) in [5.41, 5.74) is -0.0123. The number of benzene rings is 1. The topological polar surface area (TPSA) is 126 Å². The zero-order valence-electron chi connectivity index (χ0n) is 17.0. The number of nitrogens with one attached hydrogen (secondary N) is 3. The van der Waals surface area contributed by atoms with Crippen LogP contribution in [0.25, 0.3) is 0 Å². The Morgan fingerprint density at radius 3 is 2.50 bits per heavy atom. The number of halogens is 1.